The number of carbonyl (C=O) groups excluding carboxylic acids is 3. The monoisotopic (exact) mass is 547 g/mol. The number of likely N-dealkylation sites (tertiary alicyclic amines) is 1. The van der Waals surface area contributed by atoms with Gasteiger partial charge in [-0.15, -0.1) is 11.3 Å². The van der Waals surface area contributed by atoms with Crippen LogP contribution in [0.2, 0.25) is 0 Å². The summed E-state index contributed by atoms with van der Waals surface area (Å²) in [6.45, 7) is 8.39. The lowest BCUT2D eigenvalue weighted by molar-refractivity contribution is -0.127. The summed E-state index contributed by atoms with van der Waals surface area (Å²) in [6.07, 6.45) is 2.70. The number of ketones is 1. The summed E-state index contributed by atoms with van der Waals surface area (Å²) in [5.74, 6) is -0.351. The van der Waals surface area contributed by atoms with Gasteiger partial charge in [0.25, 0.3) is 5.91 Å². The van der Waals surface area contributed by atoms with E-state index < -0.39 is 17.4 Å². The highest BCUT2D eigenvalue weighted by molar-refractivity contribution is 7.21. The van der Waals surface area contributed by atoms with Crippen molar-refractivity contribution in [3.63, 3.8) is 0 Å². The van der Waals surface area contributed by atoms with Gasteiger partial charge in [-0.05, 0) is 62.1 Å². The third-order valence-electron chi connectivity index (χ3n) is 7.42. The number of amides is 2. The molecule has 1 saturated heterocycles. The molecule has 5 rings (SSSR count). The van der Waals surface area contributed by atoms with Gasteiger partial charge in [0.1, 0.15) is 11.3 Å². The number of nitrogens with one attached hydrogen (secondary N) is 1. The molecular formula is C29H33N5O4S. The molecule has 1 fully saturated rings. The maximum absolute atomic E-state index is 14.0. The molecule has 0 radical (unpaired) electrons. The van der Waals surface area contributed by atoms with E-state index in [-0.39, 0.29) is 24.0 Å². The second-order valence-electron chi connectivity index (χ2n) is 10.4. The Bertz CT molecular complexity index is 1500. The minimum absolute atomic E-state index is 0.0581. The van der Waals surface area contributed by atoms with E-state index in [4.69, 9.17) is 21.9 Å². The number of anilines is 1. The Morgan fingerprint density at radius 2 is 2.05 bits per heavy atom. The van der Waals surface area contributed by atoms with Gasteiger partial charge >= 0.3 is 0 Å². The van der Waals surface area contributed by atoms with Crippen molar-refractivity contribution in [1.82, 2.24) is 10.2 Å². The lowest BCUT2D eigenvalue weighted by Crippen LogP contribution is -2.53. The Balaban J connectivity index is 1.58. The van der Waals surface area contributed by atoms with Crippen molar-refractivity contribution in [2.45, 2.75) is 50.4 Å². The van der Waals surface area contributed by atoms with Gasteiger partial charge < -0.3 is 32.2 Å². The molecular weight excluding hydrogens is 514 g/mol. The van der Waals surface area contributed by atoms with Crippen LogP contribution < -0.4 is 27.3 Å². The van der Waals surface area contributed by atoms with E-state index in [1.807, 2.05) is 19.9 Å². The first-order valence-electron chi connectivity index (χ1n) is 13.0. The summed E-state index contributed by atoms with van der Waals surface area (Å²) in [6, 6.07) is 9.22. The molecule has 10 heteroatoms. The zero-order valence-corrected chi connectivity index (χ0v) is 22.8. The molecule has 0 bridgehead atoms. The average Bonchev–Trinajstić information content (AvgIpc) is 3.33. The Morgan fingerprint density at radius 1 is 1.28 bits per heavy atom. The van der Waals surface area contributed by atoms with E-state index >= 15 is 0 Å². The van der Waals surface area contributed by atoms with Crippen LogP contribution in [-0.4, -0.2) is 47.7 Å². The molecule has 39 heavy (non-hydrogen) atoms. The molecule has 7 N–H and O–H groups in total. The van der Waals surface area contributed by atoms with Crippen LogP contribution in [0.15, 0.2) is 49.1 Å². The molecule has 204 valence electrons. The van der Waals surface area contributed by atoms with E-state index in [9.17, 15) is 14.4 Å². The summed E-state index contributed by atoms with van der Waals surface area (Å²) in [5, 5.41) is 3.68. The lowest BCUT2D eigenvalue weighted by Gasteiger charge is -2.37. The quantitative estimate of drug-likeness (QED) is 0.273. The van der Waals surface area contributed by atoms with Gasteiger partial charge in [-0.1, -0.05) is 24.8 Å². The van der Waals surface area contributed by atoms with Crippen molar-refractivity contribution in [3.8, 4) is 5.75 Å². The normalized spacial score (nSPS) is 22.7. The number of thiophene rings is 1. The molecule has 1 aromatic heterocycles. The number of ether oxygens (including phenoxy) is 1. The Kier molecular flexibility index (Phi) is 6.96. The fourth-order valence-electron chi connectivity index (χ4n) is 5.61. The first-order valence-corrected chi connectivity index (χ1v) is 13.8. The van der Waals surface area contributed by atoms with Gasteiger partial charge in [0, 0.05) is 35.8 Å². The molecule has 9 nitrogen and oxygen atoms in total. The topological polar surface area (TPSA) is 154 Å². The van der Waals surface area contributed by atoms with E-state index in [1.165, 1.54) is 17.4 Å². The Morgan fingerprint density at radius 3 is 2.77 bits per heavy atom. The van der Waals surface area contributed by atoms with Crippen molar-refractivity contribution in [2.75, 3.05) is 18.8 Å². The summed E-state index contributed by atoms with van der Waals surface area (Å²) < 4.78 is 6.51. The molecule has 3 atom stereocenters. The van der Waals surface area contributed by atoms with Gasteiger partial charge in [-0.3, -0.25) is 14.4 Å². The third kappa shape index (κ3) is 4.48. The molecule has 2 heterocycles. The maximum Gasteiger partial charge on any atom is 0.262 e. The highest BCUT2D eigenvalue weighted by Crippen LogP contribution is 2.49. The molecule has 2 aromatic carbocycles. The van der Waals surface area contributed by atoms with Crippen LogP contribution in [0.3, 0.4) is 0 Å². The van der Waals surface area contributed by atoms with Crippen LogP contribution in [-0.2, 0) is 15.1 Å². The van der Waals surface area contributed by atoms with Crippen LogP contribution in [0.4, 0.5) is 5.69 Å². The smallest absolute Gasteiger partial charge is 0.262 e. The molecule has 2 aliphatic rings. The summed E-state index contributed by atoms with van der Waals surface area (Å²) in [5.41, 5.74) is 20.4. The van der Waals surface area contributed by atoms with E-state index in [0.29, 0.717) is 56.2 Å². The number of nitrogens with zero attached hydrogens (tertiary/aromatic N) is 1. The largest absolute Gasteiger partial charge is 0.491 e. The van der Waals surface area contributed by atoms with Crippen LogP contribution in [0.5, 0.6) is 5.75 Å². The molecule has 3 unspecified atom stereocenters. The first-order chi connectivity index (χ1) is 18.6. The number of hydrogen-bond acceptors (Lipinski definition) is 8. The lowest BCUT2D eigenvalue weighted by atomic mass is 9.70. The van der Waals surface area contributed by atoms with Gasteiger partial charge in [0.15, 0.2) is 5.78 Å². The minimum Gasteiger partial charge on any atom is -0.491 e. The van der Waals surface area contributed by atoms with E-state index in [1.54, 1.807) is 35.2 Å². The number of hydrogen-bond donors (Lipinski definition) is 4. The van der Waals surface area contributed by atoms with Gasteiger partial charge in [-0.25, -0.2) is 0 Å². The molecule has 0 spiro atoms. The van der Waals surface area contributed by atoms with Crippen LogP contribution >= 0.6 is 11.3 Å². The number of nitrogen functional groups attached to an aromatic ring is 1. The average molecular weight is 548 g/mol. The fourth-order valence-corrected chi connectivity index (χ4v) is 6.81. The Labute approximate surface area is 231 Å². The second-order valence-corrected chi connectivity index (χ2v) is 11.4. The molecule has 2 amide bonds. The summed E-state index contributed by atoms with van der Waals surface area (Å²) in [4.78, 5) is 41.7. The molecule has 0 saturated carbocycles. The predicted octanol–water partition coefficient (Wildman–Crippen LogP) is 2.96. The van der Waals surface area contributed by atoms with Crippen molar-refractivity contribution in [3.05, 3.63) is 70.6 Å². The number of piperidine rings is 1. The fraction of sp³-hybridized carbons (Fsp3) is 0.345. The summed E-state index contributed by atoms with van der Waals surface area (Å²) in [7, 11) is 0. The zero-order valence-electron chi connectivity index (χ0n) is 22.0. The number of benzene rings is 2. The number of Topliss-reactive ketones (excluding diaryl/α,β-unsaturated/α-hetero) is 1. The van der Waals surface area contributed by atoms with Crippen LogP contribution in [0, 0.1) is 0 Å². The van der Waals surface area contributed by atoms with Crippen molar-refractivity contribution >= 4 is 44.7 Å². The maximum atomic E-state index is 14.0. The van der Waals surface area contributed by atoms with Crippen molar-refractivity contribution in [1.29, 1.82) is 0 Å². The number of rotatable bonds is 6. The second kappa shape index (κ2) is 10.1. The molecule has 1 aliphatic carbocycles. The number of nitrogens with two attached hydrogens (primary N) is 3. The van der Waals surface area contributed by atoms with Gasteiger partial charge in [0.05, 0.1) is 21.7 Å². The zero-order chi connectivity index (χ0) is 28.1. The molecule has 1 aliphatic heterocycles. The summed E-state index contributed by atoms with van der Waals surface area (Å²) >= 11 is 1.20. The standard InChI is InChI=1S/C29H33N5O4S/c1-4-21(35)34-12-6-8-17(14-34)33-28(37)26-23-22-19(10-11-20(30)25(22)39-26)29(32,27(36)24(23)31)16-7-5-9-18(13-16)38-15(2)3/h4-5,7,9-11,13,15,17,24H,1,6,8,12,14,30-32H2,2-3H3,(H,33,37). The Hall–Kier alpha value is -3.73. The van der Waals surface area contributed by atoms with Gasteiger partial charge in [0.2, 0.25) is 5.91 Å². The van der Waals surface area contributed by atoms with Crippen molar-refractivity contribution in [2.24, 2.45) is 11.5 Å². The number of carbonyl (C=O) groups is 3. The third-order valence-corrected chi connectivity index (χ3v) is 8.68. The van der Waals surface area contributed by atoms with Crippen LogP contribution in [0.1, 0.15) is 59.1 Å². The predicted molar refractivity (Wildman–Crippen MR) is 153 cm³/mol. The first kappa shape index (κ1) is 26.9. The van der Waals surface area contributed by atoms with Crippen LogP contribution in [0.25, 0.3) is 10.1 Å². The van der Waals surface area contributed by atoms with E-state index in [0.717, 1.165) is 12.8 Å². The SMILES string of the molecule is C=CC(=O)N1CCCC(NC(=O)c2sc3c(N)ccc4c3c2C(N)C(=O)C4(N)c2cccc(OC(C)C)c2)C1. The minimum atomic E-state index is -1.56. The van der Waals surface area contributed by atoms with Crippen molar-refractivity contribution < 1.29 is 19.1 Å². The van der Waals surface area contributed by atoms with E-state index in [2.05, 4.69) is 11.9 Å². The molecule has 3 aromatic rings. The highest BCUT2D eigenvalue weighted by Gasteiger charge is 2.49. The van der Waals surface area contributed by atoms with Gasteiger partial charge in [-0.2, -0.15) is 0 Å². The highest BCUT2D eigenvalue weighted by atomic mass is 32.1.